The van der Waals surface area contributed by atoms with E-state index in [-0.39, 0.29) is 11.8 Å². The van der Waals surface area contributed by atoms with E-state index in [1.807, 2.05) is 18.2 Å². The van der Waals surface area contributed by atoms with E-state index in [1.165, 1.54) is 4.31 Å². The molecule has 0 saturated heterocycles. The topological polar surface area (TPSA) is 63.4 Å². The third-order valence-electron chi connectivity index (χ3n) is 2.21. The number of nitrogens with zero attached hydrogens (tertiary/aromatic N) is 1. The quantitative estimate of drug-likeness (QED) is 0.830. The molecule has 1 rings (SSSR count). The Balaban J connectivity index is 2.72. The second-order valence-electron chi connectivity index (χ2n) is 4.00. The molecule has 0 spiro atoms. The predicted molar refractivity (Wildman–Crippen MR) is 65.3 cm³/mol. The summed E-state index contributed by atoms with van der Waals surface area (Å²) in [5.41, 5.74) is 6.37. The molecule has 0 fully saturated rings. The second-order valence-corrected chi connectivity index (χ2v) is 6.08. The van der Waals surface area contributed by atoms with Gasteiger partial charge in [0.1, 0.15) is 0 Å². The first-order valence-electron chi connectivity index (χ1n) is 5.15. The lowest BCUT2D eigenvalue weighted by atomic mass is 10.2. The highest BCUT2D eigenvalue weighted by Crippen LogP contribution is 2.09. The highest BCUT2D eigenvalue weighted by Gasteiger charge is 2.18. The summed E-state index contributed by atoms with van der Waals surface area (Å²) in [5, 5.41) is 0. The molecule has 1 aromatic carbocycles. The van der Waals surface area contributed by atoms with Crippen LogP contribution in [0.15, 0.2) is 30.3 Å². The van der Waals surface area contributed by atoms with Crippen molar-refractivity contribution in [3.63, 3.8) is 0 Å². The van der Waals surface area contributed by atoms with Crippen molar-refractivity contribution in [3.8, 4) is 0 Å². The van der Waals surface area contributed by atoms with E-state index < -0.39 is 10.0 Å². The Hall–Kier alpha value is -0.910. The lowest BCUT2D eigenvalue weighted by molar-refractivity contribution is 0.444. The van der Waals surface area contributed by atoms with Crippen LogP contribution in [0.1, 0.15) is 12.5 Å². The summed E-state index contributed by atoms with van der Waals surface area (Å²) in [7, 11) is -1.70. The third kappa shape index (κ3) is 3.92. The lowest BCUT2D eigenvalue weighted by Gasteiger charge is -2.19. The SMILES string of the molecule is CC(N)CN(C)S(=O)(=O)Cc1ccccc1. The van der Waals surface area contributed by atoms with Gasteiger partial charge in [-0.05, 0) is 12.5 Å². The zero-order chi connectivity index (χ0) is 12.2. The van der Waals surface area contributed by atoms with Crippen LogP contribution in [0, 0.1) is 0 Å². The lowest BCUT2D eigenvalue weighted by Crippen LogP contribution is -2.37. The molecule has 4 nitrogen and oxygen atoms in total. The first-order valence-corrected chi connectivity index (χ1v) is 6.76. The number of sulfonamides is 1. The molecule has 16 heavy (non-hydrogen) atoms. The molecule has 90 valence electrons. The maximum absolute atomic E-state index is 11.9. The van der Waals surface area contributed by atoms with Crippen LogP contribution in [0.4, 0.5) is 0 Å². The first kappa shape index (κ1) is 13.2. The number of likely N-dealkylation sites (N-methyl/N-ethyl adjacent to an activating group) is 1. The van der Waals surface area contributed by atoms with E-state index in [1.54, 1.807) is 26.1 Å². The highest BCUT2D eigenvalue weighted by atomic mass is 32.2. The van der Waals surface area contributed by atoms with Gasteiger partial charge >= 0.3 is 0 Å². The van der Waals surface area contributed by atoms with Crippen molar-refractivity contribution in [1.82, 2.24) is 4.31 Å². The fraction of sp³-hybridized carbons (Fsp3) is 0.455. The monoisotopic (exact) mass is 242 g/mol. The van der Waals surface area contributed by atoms with Crippen LogP contribution < -0.4 is 5.73 Å². The Kier molecular flexibility index (Phi) is 4.46. The summed E-state index contributed by atoms with van der Waals surface area (Å²) in [6.45, 7) is 2.13. The minimum Gasteiger partial charge on any atom is -0.327 e. The molecule has 0 bridgehead atoms. The van der Waals surface area contributed by atoms with E-state index in [2.05, 4.69) is 0 Å². The Morgan fingerprint density at radius 2 is 1.88 bits per heavy atom. The van der Waals surface area contributed by atoms with Gasteiger partial charge in [0.25, 0.3) is 0 Å². The minimum atomic E-state index is -3.26. The molecule has 0 radical (unpaired) electrons. The molecule has 1 atom stereocenters. The van der Waals surface area contributed by atoms with E-state index >= 15 is 0 Å². The summed E-state index contributed by atoms with van der Waals surface area (Å²) in [4.78, 5) is 0. The molecular weight excluding hydrogens is 224 g/mol. The molecule has 5 heteroatoms. The van der Waals surface area contributed by atoms with Crippen molar-refractivity contribution in [2.24, 2.45) is 5.73 Å². The average molecular weight is 242 g/mol. The van der Waals surface area contributed by atoms with Crippen molar-refractivity contribution in [3.05, 3.63) is 35.9 Å². The van der Waals surface area contributed by atoms with Crippen LogP contribution >= 0.6 is 0 Å². The molecule has 1 aromatic rings. The van der Waals surface area contributed by atoms with Crippen LogP contribution in [0.2, 0.25) is 0 Å². The van der Waals surface area contributed by atoms with Gasteiger partial charge in [0.2, 0.25) is 10.0 Å². The minimum absolute atomic E-state index is 0.0249. The molecule has 0 heterocycles. The Bertz CT molecular complexity index is 415. The Morgan fingerprint density at radius 3 is 2.38 bits per heavy atom. The van der Waals surface area contributed by atoms with E-state index in [4.69, 9.17) is 5.73 Å². The van der Waals surface area contributed by atoms with Gasteiger partial charge in [0.05, 0.1) is 5.75 Å². The molecule has 0 aromatic heterocycles. The predicted octanol–water partition coefficient (Wildman–Crippen LogP) is 0.795. The second kappa shape index (κ2) is 5.43. The van der Waals surface area contributed by atoms with Crippen molar-refractivity contribution in [2.45, 2.75) is 18.7 Å². The fourth-order valence-electron chi connectivity index (χ4n) is 1.41. The van der Waals surface area contributed by atoms with Crippen molar-refractivity contribution in [1.29, 1.82) is 0 Å². The summed E-state index contributed by atoms with van der Waals surface area (Å²) in [5.74, 6) is 0.0249. The number of rotatable bonds is 5. The van der Waals surface area contributed by atoms with Crippen LogP contribution in [0.25, 0.3) is 0 Å². The van der Waals surface area contributed by atoms with Gasteiger partial charge in [-0.25, -0.2) is 12.7 Å². The molecule has 1 unspecified atom stereocenters. The summed E-state index contributed by atoms with van der Waals surface area (Å²) in [6, 6.07) is 8.97. The number of hydrogen-bond donors (Lipinski definition) is 1. The highest BCUT2D eigenvalue weighted by molar-refractivity contribution is 7.88. The normalized spacial score (nSPS) is 14.0. The summed E-state index contributed by atoms with van der Waals surface area (Å²) < 4.78 is 25.1. The molecule has 0 aliphatic carbocycles. The average Bonchev–Trinajstić information content (AvgIpc) is 2.17. The van der Waals surface area contributed by atoms with Gasteiger partial charge in [0.15, 0.2) is 0 Å². The van der Waals surface area contributed by atoms with Crippen LogP contribution in [0.3, 0.4) is 0 Å². The van der Waals surface area contributed by atoms with Gasteiger partial charge < -0.3 is 5.73 Å². The van der Waals surface area contributed by atoms with Crippen molar-refractivity contribution >= 4 is 10.0 Å². The van der Waals surface area contributed by atoms with Crippen LogP contribution in [0.5, 0.6) is 0 Å². The largest absolute Gasteiger partial charge is 0.327 e. The van der Waals surface area contributed by atoms with E-state index in [0.29, 0.717) is 6.54 Å². The zero-order valence-electron chi connectivity index (χ0n) is 9.63. The maximum atomic E-state index is 11.9. The smallest absolute Gasteiger partial charge is 0.218 e. The van der Waals surface area contributed by atoms with Crippen molar-refractivity contribution in [2.75, 3.05) is 13.6 Å². The molecule has 2 N–H and O–H groups in total. The van der Waals surface area contributed by atoms with Crippen molar-refractivity contribution < 1.29 is 8.42 Å². The number of nitrogens with two attached hydrogens (primary N) is 1. The molecule has 0 amide bonds. The van der Waals surface area contributed by atoms with E-state index in [0.717, 1.165) is 5.56 Å². The standard InChI is InChI=1S/C11H18N2O2S/c1-10(12)8-13(2)16(14,15)9-11-6-4-3-5-7-11/h3-7,10H,8-9,12H2,1-2H3. The number of hydrogen-bond acceptors (Lipinski definition) is 3. The Labute approximate surface area is 97.1 Å². The maximum Gasteiger partial charge on any atom is 0.218 e. The molecular formula is C11H18N2O2S. The van der Waals surface area contributed by atoms with E-state index in [9.17, 15) is 8.42 Å². The van der Waals surface area contributed by atoms with Gasteiger partial charge in [-0.3, -0.25) is 0 Å². The van der Waals surface area contributed by atoms with Crippen LogP contribution in [-0.4, -0.2) is 32.4 Å². The summed E-state index contributed by atoms with van der Waals surface area (Å²) in [6.07, 6.45) is 0. The molecule has 0 aliphatic heterocycles. The Morgan fingerprint density at radius 1 is 1.31 bits per heavy atom. The van der Waals surface area contributed by atoms with Gasteiger partial charge in [-0.2, -0.15) is 0 Å². The van der Waals surface area contributed by atoms with Crippen LogP contribution in [-0.2, 0) is 15.8 Å². The number of benzene rings is 1. The molecule has 0 aliphatic rings. The summed E-state index contributed by atoms with van der Waals surface area (Å²) >= 11 is 0. The van der Waals surface area contributed by atoms with Gasteiger partial charge in [-0.1, -0.05) is 30.3 Å². The zero-order valence-corrected chi connectivity index (χ0v) is 10.4. The first-order chi connectivity index (χ1) is 7.42. The van der Waals surface area contributed by atoms with Gasteiger partial charge in [-0.15, -0.1) is 0 Å². The fourth-order valence-corrected chi connectivity index (χ4v) is 2.71. The third-order valence-corrected chi connectivity index (χ3v) is 4.01. The molecule has 0 saturated carbocycles. The van der Waals surface area contributed by atoms with Gasteiger partial charge in [0, 0.05) is 19.6 Å².